The van der Waals surface area contributed by atoms with Gasteiger partial charge in [0, 0.05) is 13.1 Å². The van der Waals surface area contributed by atoms with Gasteiger partial charge in [-0.15, -0.1) is 0 Å². The van der Waals surface area contributed by atoms with Crippen molar-refractivity contribution in [2.45, 2.75) is 25.7 Å². The first-order chi connectivity index (χ1) is 8.24. The average Bonchev–Trinajstić information content (AvgIpc) is 3.16. The Balaban J connectivity index is 1.83. The molecule has 1 aromatic heterocycles. The Morgan fingerprint density at radius 2 is 1.88 bits per heavy atom. The van der Waals surface area contributed by atoms with E-state index in [-0.39, 0.29) is 10.6 Å². The van der Waals surface area contributed by atoms with Crippen molar-refractivity contribution in [1.29, 1.82) is 0 Å². The van der Waals surface area contributed by atoms with Crippen molar-refractivity contribution in [1.82, 2.24) is 9.97 Å². The van der Waals surface area contributed by atoms with Crippen molar-refractivity contribution in [3.63, 3.8) is 0 Å². The van der Waals surface area contributed by atoms with Crippen LogP contribution in [0.2, 0.25) is 5.02 Å². The Bertz CT molecular complexity index is 451. The topological polar surface area (TPSA) is 49.0 Å². The number of H-pyrrole nitrogens is 1. The van der Waals surface area contributed by atoms with Crippen LogP contribution in [0, 0.1) is 11.8 Å². The molecule has 0 unspecified atom stereocenters. The Morgan fingerprint density at radius 1 is 1.29 bits per heavy atom. The molecule has 0 bridgehead atoms. The van der Waals surface area contributed by atoms with E-state index in [4.69, 9.17) is 11.6 Å². The number of halogens is 1. The standard InChI is InChI=1S/C12H16ClN3O/c13-10-11(14-7-15-12(10)17)16(5-8-1-2-8)6-9-3-4-9/h7-9H,1-6H2,(H,14,15,17). The van der Waals surface area contributed by atoms with E-state index in [0.717, 1.165) is 24.9 Å². The molecule has 1 heterocycles. The molecule has 2 fully saturated rings. The van der Waals surface area contributed by atoms with Crippen LogP contribution in [0.5, 0.6) is 0 Å². The van der Waals surface area contributed by atoms with Crippen LogP contribution in [0.3, 0.4) is 0 Å². The highest BCUT2D eigenvalue weighted by atomic mass is 35.5. The minimum atomic E-state index is -0.242. The second-order valence-electron chi connectivity index (χ2n) is 5.16. The number of aromatic nitrogens is 2. The highest BCUT2D eigenvalue weighted by Crippen LogP contribution is 2.36. The lowest BCUT2D eigenvalue weighted by atomic mass is 10.3. The zero-order valence-corrected chi connectivity index (χ0v) is 10.4. The first-order valence-electron chi connectivity index (χ1n) is 6.22. The second kappa shape index (κ2) is 4.33. The molecule has 1 N–H and O–H groups in total. The average molecular weight is 254 g/mol. The maximum absolute atomic E-state index is 11.5. The van der Waals surface area contributed by atoms with Gasteiger partial charge < -0.3 is 9.88 Å². The van der Waals surface area contributed by atoms with E-state index in [1.165, 1.54) is 32.0 Å². The Labute approximate surface area is 105 Å². The van der Waals surface area contributed by atoms with Gasteiger partial charge in [-0.3, -0.25) is 4.79 Å². The Kier molecular flexibility index (Phi) is 2.82. The van der Waals surface area contributed by atoms with Crippen molar-refractivity contribution in [2.24, 2.45) is 11.8 Å². The largest absolute Gasteiger partial charge is 0.355 e. The summed E-state index contributed by atoms with van der Waals surface area (Å²) in [5, 5.41) is 0.230. The van der Waals surface area contributed by atoms with E-state index in [1.807, 2.05) is 0 Å². The van der Waals surface area contributed by atoms with Gasteiger partial charge in [-0.2, -0.15) is 0 Å². The molecule has 92 valence electrons. The molecule has 0 amide bonds. The van der Waals surface area contributed by atoms with Crippen LogP contribution in [-0.4, -0.2) is 23.1 Å². The van der Waals surface area contributed by atoms with Crippen LogP contribution in [-0.2, 0) is 0 Å². The molecule has 2 saturated carbocycles. The Morgan fingerprint density at radius 3 is 2.41 bits per heavy atom. The predicted molar refractivity (Wildman–Crippen MR) is 67.5 cm³/mol. The molecule has 17 heavy (non-hydrogen) atoms. The number of aromatic amines is 1. The fourth-order valence-electron chi connectivity index (χ4n) is 2.07. The lowest BCUT2D eigenvalue weighted by molar-refractivity contribution is 0.670. The minimum absolute atomic E-state index is 0.230. The van der Waals surface area contributed by atoms with Gasteiger partial charge in [-0.25, -0.2) is 4.98 Å². The van der Waals surface area contributed by atoms with Crippen LogP contribution in [0.4, 0.5) is 5.82 Å². The first kappa shape index (κ1) is 11.1. The summed E-state index contributed by atoms with van der Waals surface area (Å²) in [6, 6.07) is 0. The third-order valence-electron chi connectivity index (χ3n) is 3.43. The number of rotatable bonds is 5. The van der Waals surface area contributed by atoms with Gasteiger partial charge in [0.1, 0.15) is 5.02 Å². The fraction of sp³-hybridized carbons (Fsp3) is 0.667. The third-order valence-corrected chi connectivity index (χ3v) is 3.77. The van der Waals surface area contributed by atoms with Crippen molar-refractivity contribution < 1.29 is 0 Å². The van der Waals surface area contributed by atoms with Gasteiger partial charge in [-0.05, 0) is 37.5 Å². The summed E-state index contributed by atoms with van der Waals surface area (Å²) in [4.78, 5) is 20.4. The normalized spacial score (nSPS) is 19.4. The molecule has 0 aliphatic heterocycles. The Hall–Kier alpha value is -1.03. The summed E-state index contributed by atoms with van der Waals surface area (Å²) >= 11 is 6.05. The van der Waals surface area contributed by atoms with E-state index in [9.17, 15) is 4.79 Å². The SMILES string of the molecule is O=c1[nH]cnc(N(CC2CC2)CC2CC2)c1Cl. The summed E-state index contributed by atoms with van der Waals surface area (Å²) in [5.74, 6) is 2.20. The van der Waals surface area contributed by atoms with Gasteiger partial charge in [0.15, 0.2) is 5.82 Å². The second-order valence-corrected chi connectivity index (χ2v) is 5.54. The number of hydrogen-bond donors (Lipinski definition) is 1. The van der Waals surface area contributed by atoms with Gasteiger partial charge in [0.2, 0.25) is 0 Å². The zero-order chi connectivity index (χ0) is 11.8. The van der Waals surface area contributed by atoms with E-state index in [0.29, 0.717) is 5.82 Å². The molecule has 2 aliphatic rings. The molecule has 0 saturated heterocycles. The summed E-state index contributed by atoms with van der Waals surface area (Å²) < 4.78 is 0. The lowest BCUT2D eigenvalue weighted by Gasteiger charge is -2.24. The van der Waals surface area contributed by atoms with Crippen LogP contribution < -0.4 is 10.5 Å². The minimum Gasteiger partial charge on any atom is -0.355 e. The molecular weight excluding hydrogens is 238 g/mol. The van der Waals surface area contributed by atoms with E-state index in [2.05, 4.69) is 14.9 Å². The van der Waals surface area contributed by atoms with Crippen LogP contribution >= 0.6 is 11.6 Å². The summed E-state index contributed by atoms with van der Waals surface area (Å²) in [6.07, 6.45) is 6.62. The number of nitrogens with one attached hydrogen (secondary N) is 1. The van der Waals surface area contributed by atoms with Crippen molar-refractivity contribution >= 4 is 17.4 Å². The van der Waals surface area contributed by atoms with Crippen molar-refractivity contribution in [2.75, 3.05) is 18.0 Å². The smallest absolute Gasteiger partial charge is 0.271 e. The maximum Gasteiger partial charge on any atom is 0.271 e. The van der Waals surface area contributed by atoms with E-state index >= 15 is 0 Å². The monoisotopic (exact) mass is 253 g/mol. The highest BCUT2D eigenvalue weighted by molar-refractivity contribution is 6.32. The summed E-state index contributed by atoms with van der Waals surface area (Å²) in [6.45, 7) is 1.99. The van der Waals surface area contributed by atoms with Crippen molar-refractivity contribution in [3.8, 4) is 0 Å². The highest BCUT2D eigenvalue weighted by Gasteiger charge is 2.30. The predicted octanol–water partition coefficient (Wildman–Crippen LogP) is 2.05. The van der Waals surface area contributed by atoms with Gasteiger partial charge in [0.05, 0.1) is 6.33 Å². The maximum atomic E-state index is 11.5. The summed E-state index contributed by atoms with van der Waals surface area (Å²) in [5.41, 5.74) is -0.242. The molecular formula is C12H16ClN3O. The first-order valence-corrected chi connectivity index (χ1v) is 6.60. The fourth-order valence-corrected chi connectivity index (χ4v) is 2.29. The quantitative estimate of drug-likeness (QED) is 0.874. The molecule has 1 aromatic rings. The molecule has 0 aromatic carbocycles. The molecule has 0 spiro atoms. The zero-order valence-electron chi connectivity index (χ0n) is 9.66. The van der Waals surface area contributed by atoms with Crippen LogP contribution in [0.25, 0.3) is 0 Å². The molecule has 3 rings (SSSR count). The third kappa shape index (κ3) is 2.63. The molecule has 0 atom stereocenters. The van der Waals surface area contributed by atoms with Gasteiger partial charge in [0.25, 0.3) is 5.56 Å². The molecule has 2 aliphatic carbocycles. The van der Waals surface area contributed by atoms with E-state index in [1.54, 1.807) is 0 Å². The molecule has 4 nitrogen and oxygen atoms in total. The van der Waals surface area contributed by atoms with E-state index < -0.39 is 0 Å². The van der Waals surface area contributed by atoms with Crippen molar-refractivity contribution in [3.05, 3.63) is 21.7 Å². The van der Waals surface area contributed by atoms with Gasteiger partial charge in [-0.1, -0.05) is 11.6 Å². The summed E-state index contributed by atoms with van der Waals surface area (Å²) in [7, 11) is 0. The number of anilines is 1. The van der Waals surface area contributed by atoms with Gasteiger partial charge >= 0.3 is 0 Å². The number of hydrogen-bond acceptors (Lipinski definition) is 3. The molecule has 5 heteroatoms. The lowest BCUT2D eigenvalue weighted by Crippen LogP contribution is -2.30. The molecule has 0 radical (unpaired) electrons. The van der Waals surface area contributed by atoms with Crippen LogP contribution in [0.15, 0.2) is 11.1 Å². The number of nitrogens with zero attached hydrogens (tertiary/aromatic N) is 2. The van der Waals surface area contributed by atoms with Crippen LogP contribution in [0.1, 0.15) is 25.7 Å².